The molecule has 0 spiro atoms. The van der Waals surface area contributed by atoms with E-state index in [2.05, 4.69) is 4.18 Å². The number of aliphatic hydroxyl groups excluding tert-OH is 6. The standard InChI is InChI=1S/C9H19O6S.CH4O4S/c10-1-5(12)6(13)3-16-4-7(14)9(15)8(16)2-11;1-5-6(2,3)4/h5-15H,1-4H2;1H3,(H,2,3,4)/q+1;/p-1/t5-,6+,7+,8+,9-,16?;/m0./s1. The summed E-state index contributed by atoms with van der Waals surface area (Å²) in [6, 6.07) is 0. The molecule has 0 aromatic rings. The third-order valence-corrected chi connectivity index (χ3v) is 6.22. The van der Waals surface area contributed by atoms with Crippen LogP contribution in [-0.2, 0) is 25.5 Å². The average Bonchev–Trinajstić information content (AvgIpc) is 2.72. The van der Waals surface area contributed by atoms with Crippen molar-refractivity contribution in [3.63, 3.8) is 0 Å². The van der Waals surface area contributed by atoms with Gasteiger partial charge in [-0.05, 0) is 0 Å². The van der Waals surface area contributed by atoms with Crippen molar-refractivity contribution in [3.05, 3.63) is 0 Å². The minimum atomic E-state index is -4.41. The number of hydrogen-bond acceptors (Lipinski definition) is 10. The summed E-state index contributed by atoms with van der Waals surface area (Å²) < 4.78 is 31.0. The van der Waals surface area contributed by atoms with Crippen molar-refractivity contribution in [1.82, 2.24) is 0 Å². The van der Waals surface area contributed by atoms with Gasteiger partial charge in [-0.15, -0.1) is 0 Å². The number of hydrogen-bond donors (Lipinski definition) is 6. The van der Waals surface area contributed by atoms with Crippen LogP contribution in [0.25, 0.3) is 0 Å². The van der Waals surface area contributed by atoms with Gasteiger partial charge in [-0.25, -0.2) is 8.42 Å². The molecule has 10 nitrogen and oxygen atoms in total. The molecule has 6 N–H and O–H groups in total. The van der Waals surface area contributed by atoms with E-state index in [1.54, 1.807) is 0 Å². The van der Waals surface area contributed by atoms with E-state index >= 15 is 0 Å². The van der Waals surface area contributed by atoms with E-state index in [1.165, 1.54) is 0 Å². The summed E-state index contributed by atoms with van der Waals surface area (Å²) in [7, 11) is -4.15. The molecular weight excluding hydrogens is 344 g/mol. The van der Waals surface area contributed by atoms with Crippen LogP contribution in [0.1, 0.15) is 0 Å². The zero-order chi connectivity index (χ0) is 17.5. The van der Waals surface area contributed by atoms with Crippen molar-refractivity contribution in [2.24, 2.45) is 0 Å². The molecular formula is C10H22O10S2. The lowest BCUT2D eigenvalue weighted by molar-refractivity contribution is -0.00229. The second-order valence-electron chi connectivity index (χ2n) is 4.54. The summed E-state index contributed by atoms with van der Waals surface area (Å²) in [6.45, 7) is -0.795. The van der Waals surface area contributed by atoms with Gasteiger partial charge in [0.2, 0.25) is 10.4 Å². The Morgan fingerprint density at radius 2 is 1.77 bits per heavy atom. The zero-order valence-electron chi connectivity index (χ0n) is 11.8. The highest BCUT2D eigenvalue weighted by atomic mass is 32.3. The van der Waals surface area contributed by atoms with Crippen LogP contribution in [0.5, 0.6) is 0 Å². The Kier molecular flexibility index (Phi) is 9.96. The molecule has 1 saturated heterocycles. The molecule has 0 aromatic carbocycles. The molecule has 0 aromatic heterocycles. The van der Waals surface area contributed by atoms with E-state index in [0.717, 1.165) is 7.11 Å². The maximum absolute atomic E-state index is 9.54. The molecule has 1 heterocycles. The predicted molar refractivity (Wildman–Crippen MR) is 75.8 cm³/mol. The Balaban J connectivity index is 0.000000626. The highest BCUT2D eigenvalue weighted by molar-refractivity contribution is 7.97. The lowest BCUT2D eigenvalue weighted by Gasteiger charge is -2.17. The van der Waals surface area contributed by atoms with E-state index in [4.69, 9.17) is 10.2 Å². The fourth-order valence-corrected chi connectivity index (χ4v) is 4.46. The molecule has 134 valence electrons. The Hall–Kier alpha value is -0.0200. The third kappa shape index (κ3) is 7.50. The maximum atomic E-state index is 9.54. The summed E-state index contributed by atoms with van der Waals surface area (Å²) in [4.78, 5) is 0. The first-order chi connectivity index (χ1) is 10.1. The van der Waals surface area contributed by atoms with Gasteiger partial charge in [-0.2, -0.15) is 0 Å². The van der Waals surface area contributed by atoms with Gasteiger partial charge >= 0.3 is 0 Å². The van der Waals surface area contributed by atoms with Gasteiger partial charge in [-0.1, -0.05) is 0 Å². The first-order valence-corrected chi connectivity index (χ1v) is 9.15. The highest BCUT2D eigenvalue weighted by Crippen LogP contribution is 2.24. The maximum Gasteiger partial charge on any atom is 0.217 e. The van der Waals surface area contributed by atoms with Crippen LogP contribution in [0.15, 0.2) is 0 Å². The molecule has 12 heteroatoms. The van der Waals surface area contributed by atoms with Crippen LogP contribution in [0, 0.1) is 0 Å². The van der Waals surface area contributed by atoms with Crippen molar-refractivity contribution < 1.29 is 47.8 Å². The summed E-state index contributed by atoms with van der Waals surface area (Å²) in [5.74, 6) is 0.475. The Morgan fingerprint density at radius 3 is 2.14 bits per heavy atom. The van der Waals surface area contributed by atoms with Crippen LogP contribution in [-0.4, -0.2) is 105 Å². The Morgan fingerprint density at radius 1 is 1.27 bits per heavy atom. The third-order valence-electron chi connectivity index (χ3n) is 2.99. The van der Waals surface area contributed by atoms with Crippen molar-refractivity contribution in [1.29, 1.82) is 0 Å². The molecule has 0 radical (unpaired) electrons. The van der Waals surface area contributed by atoms with Crippen LogP contribution >= 0.6 is 0 Å². The van der Waals surface area contributed by atoms with Gasteiger partial charge in [-0.3, -0.25) is 4.18 Å². The molecule has 1 aliphatic rings. The van der Waals surface area contributed by atoms with E-state index in [1.807, 2.05) is 0 Å². The molecule has 0 saturated carbocycles. The Bertz CT molecular complexity index is 403. The molecule has 0 bridgehead atoms. The van der Waals surface area contributed by atoms with Crippen LogP contribution in [0.3, 0.4) is 0 Å². The minimum absolute atomic E-state index is 0.168. The van der Waals surface area contributed by atoms with E-state index < -0.39 is 57.6 Å². The van der Waals surface area contributed by atoms with Crippen LogP contribution in [0.2, 0.25) is 0 Å². The van der Waals surface area contributed by atoms with Crippen molar-refractivity contribution >= 4 is 21.3 Å². The SMILES string of the molecule is COS(=O)(=O)[O-].OC[C@@H]1[C@@H](O)[C@H](O)C[S+]1C[C@@H](O)[C@@H](O)CO. The number of aliphatic hydroxyl groups is 6. The summed E-state index contributed by atoms with van der Waals surface area (Å²) in [5.41, 5.74) is 0. The minimum Gasteiger partial charge on any atom is -0.726 e. The molecule has 1 fully saturated rings. The fourth-order valence-electron chi connectivity index (χ4n) is 1.74. The summed E-state index contributed by atoms with van der Waals surface area (Å²) in [6.07, 6.45) is -4.19. The second-order valence-corrected chi connectivity index (χ2v) is 8.04. The fraction of sp³-hybridized carbons (Fsp3) is 1.00. The lowest BCUT2D eigenvalue weighted by atomic mass is 10.2. The van der Waals surface area contributed by atoms with Gasteiger partial charge in [0.1, 0.15) is 35.9 Å². The Labute approximate surface area is 131 Å². The lowest BCUT2D eigenvalue weighted by Crippen LogP contribution is -2.40. The molecule has 1 unspecified atom stereocenters. The average molecular weight is 366 g/mol. The molecule has 6 atom stereocenters. The molecule has 0 amide bonds. The summed E-state index contributed by atoms with van der Waals surface area (Å²) in [5, 5.41) is 54.9. The van der Waals surface area contributed by atoms with Gasteiger partial charge in [0.15, 0.2) is 5.25 Å². The normalized spacial score (nSPS) is 31.3. The van der Waals surface area contributed by atoms with Gasteiger partial charge in [0.25, 0.3) is 0 Å². The van der Waals surface area contributed by atoms with E-state index in [9.17, 15) is 33.4 Å². The highest BCUT2D eigenvalue weighted by Gasteiger charge is 2.50. The molecule has 22 heavy (non-hydrogen) atoms. The van der Waals surface area contributed by atoms with Crippen molar-refractivity contribution in [3.8, 4) is 0 Å². The summed E-state index contributed by atoms with van der Waals surface area (Å²) >= 11 is 0. The first-order valence-electron chi connectivity index (χ1n) is 6.19. The second kappa shape index (κ2) is 9.97. The predicted octanol–water partition coefficient (Wildman–Crippen LogP) is -4.49. The van der Waals surface area contributed by atoms with Crippen LogP contribution in [0.4, 0.5) is 0 Å². The molecule has 1 aliphatic heterocycles. The smallest absolute Gasteiger partial charge is 0.217 e. The monoisotopic (exact) mass is 366 g/mol. The van der Waals surface area contributed by atoms with E-state index in [-0.39, 0.29) is 12.4 Å². The number of rotatable bonds is 6. The largest absolute Gasteiger partial charge is 0.726 e. The first kappa shape index (κ1) is 22.0. The van der Waals surface area contributed by atoms with Crippen molar-refractivity contribution in [2.75, 3.05) is 31.8 Å². The van der Waals surface area contributed by atoms with Gasteiger partial charge < -0.3 is 35.2 Å². The van der Waals surface area contributed by atoms with Crippen LogP contribution < -0.4 is 0 Å². The molecule has 1 rings (SSSR count). The topological polar surface area (TPSA) is 188 Å². The van der Waals surface area contributed by atoms with Gasteiger partial charge in [0.05, 0.1) is 20.3 Å². The molecule has 0 aliphatic carbocycles. The van der Waals surface area contributed by atoms with Gasteiger partial charge in [0, 0.05) is 10.9 Å². The van der Waals surface area contributed by atoms with E-state index in [0.29, 0.717) is 5.75 Å². The van der Waals surface area contributed by atoms with Crippen molar-refractivity contribution in [2.45, 2.75) is 29.7 Å². The quantitative estimate of drug-likeness (QED) is 0.152. The zero-order valence-corrected chi connectivity index (χ0v) is 13.5.